The van der Waals surface area contributed by atoms with Crippen LogP contribution in [0.25, 0.3) is 0 Å². The molecule has 0 bridgehead atoms. The Morgan fingerprint density at radius 3 is 2.17 bits per heavy atom. The molecule has 3 atom stereocenters. The molecule has 16 heteroatoms. The van der Waals surface area contributed by atoms with E-state index in [0.717, 1.165) is 6.92 Å². The molecule has 0 N–H and O–H groups in total. The molecule has 0 unspecified atom stereocenters. The number of hydroxylamine groups is 2. The van der Waals surface area contributed by atoms with E-state index in [4.69, 9.17) is 0 Å². The number of carbonyl (C=O) groups excluding carboxylic acids is 1. The number of carbonyl (C=O) groups is 1. The van der Waals surface area contributed by atoms with Crippen molar-refractivity contribution >= 4 is 17.6 Å². The fourth-order valence-corrected chi connectivity index (χ4v) is 4.12. The van der Waals surface area contributed by atoms with Gasteiger partial charge in [0.05, 0.1) is 12.6 Å². The van der Waals surface area contributed by atoms with Gasteiger partial charge >= 0.3 is 40.9 Å². The van der Waals surface area contributed by atoms with Gasteiger partial charge in [0.2, 0.25) is 0 Å². The van der Waals surface area contributed by atoms with Crippen molar-refractivity contribution < 1.29 is 62.7 Å². The molecular weight excluding hydrogens is 535 g/mol. The number of hydrogen-bond acceptors (Lipinski definition) is 4. The highest BCUT2D eigenvalue weighted by Gasteiger charge is 2.92. The van der Waals surface area contributed by atoms with Crippen molar-refractivity contribution in [2.24, 2.45) is 5.92 Å². The fraction of sp³-hybridized carbons (Fsp3) is 0.632. The second-order valence-corrected chi connectivity index (χ2v) is 8.27. The lowest BCUT2D eigenvalue weighted by atomic mass is 9.79. The van der Waals surface area contributed by atoms with Gasteiger partial charge in [-0.15, -0.1) is 0 Å². The van der Waals surface area contributed by atoms with Crippen LogP contribution < -0.4 is 0 Å². The van der Waals surface area contributed by atoms with E-state index >= 15 is 4.39 Å². The van der Waals surface area contributed by atoms with Crippen LogP contribution in [0.1, 0.15) is 24.1 Å². The van der Waals surface area contributed by atoms with Crippen LogP contribution in [0.3, 0.4) is 0 Å². The molecule has 0 radical (unpaired) electrons. The predicted molar refractivity (Wildman–Crippen MR) is 95.2 cm³/mol. The zero-order valence-electron chi connectivity index (χ0n) is 17.3. The van der Waals surface area contributed by atoms with Crippen molar-refractivity contribution in [1.29, 1.82) is 0 Å². The van der Waals surface area contributed by atoms with Crippen LogP contribution in [-0.2, 0) is 20.8 Å². The van der Waals surface area contributed by atoms with E-state index in [1.54, 1.807) is 0 Å². The number of fused-ring (bicyclic) bond motifs is 3. The zero-order valence-corrected chi connectivity index (χ0v) is 18.0. The lowest BCUT2D eigenvalue weighted by molar-refractivity contribution is -0.442. The molecule has 0 spiro atoms. The number of nitrogens with zero attached hydrogens (tertiary/aromatic N) is 1. The molecule has 0 amide bonds. The summed E-state index contributed by atoms with van der Waals surface area (Å²) in [5.74, 6) is -40.0. The van der Waals surface area contributed by atoms with Crippen LogP contribution >= 0.6 is 11.6 Å². The summed E-state index contributed by atoms with van der Waals surface area (Å²) in [4.78, 5) is 16.8. The number of hydrogen-bond donors (Lipinski definition) is 0. The third-order valence-corrected chi connectivity index (χ3v) is 6.00. The molecule has 2 heterocycles. The van der Waals surface area contributed by atoms with Crippen molar-refractivity contribution in [3.05, 3.63) is 35.4 Å². The molecule has 1 aromatic rings. The highest BCUT2D eigenvalue weighted by Crippen LogP contribution is 2.65. The Morgan fingerprint density at radius 1 is 1.06 bits per heavy atom. The Morgan fingerprint density at radius 2 is 1.63 bits per heavy atom. The van der Waals surface area contributed by atoms with Gasteiger partial charge < -0.3 is 4.74 Å². The largest absolute Gasteiger partial charge is 0.466 e. The maximum atomic E-state index is 15.8. The minimum atomic E-state index is -7.63. The van der Waals surface area contributed by atoms with Gasteiger partial charge in [-0.2, -0.15) is 49.0 Å². The van der Waals surface area contributed by atoms with E-state index < -0.39 is 66.0 Å². The maximum absolute atomic E-state index is 15.8. The highest BCUT2D eigenvalue weighted by molar-refractivity contribution is 6.22. The van der Waals surface area contributed by atoms with Gasteiger partial charge in [0.25, 0.3) is 0 Å². The van der Waals surface area contributed by atoms with Crippen molar-refractivity contribution in [3.63, 3.8) is 0 Å². The van der Waals surface area contributed by atoms with Crippen LogP contribution in [0.2, 0.25) is 0 Å². The van der Waals surface area contributed by atoms with Crippen LogP contribution in [-0.4, -0.2) is 59.1 Å². The molecule has 1 fully saturated rings. The summed E-state index contributed by atoms with van der Waals surface area (Å²) >= 11 is 3.79. The van der Waals surface area contributed by atoms with Gasteiger partial charge in [0.15, 0.2) is 0 Å². The molecule has 0 aliphatic carbocycles. The normalized spacial score (nSPS) is 26.3. The molecule has 0 saturated carbocycles. The Kier molecular flexibility index (Phi) is 6.60. The second kappa shape index (κ2) is 8.33. The van der Waals surface area contributed by atoms with E-state index in [-0.39, 0.29) is 12.0 Å². The second-order valence-electron chi connectivity index (χ2n) is 7.80. The standard InChI is InChI=1S/C19H15ClF11NO3/c1-2-34-13(33)11-12-10-6-4-3-5-9(10)7-8-32(12)35-14(11,21)15(22,23)16(24,25)17(26,27)18(28,29)19(20,30)31/h3-6,11-12H,2,7-8H2,1H3/t11-,12+,14+/m1/s1. The summed E-state index contributed by atoms with van der Waals surface area (Å²) < 4.78 is 160. The Labute approximate surface area is 194 Å². The van der Waals surface area contributed by atoms with Gasteiger partial charge in [0.1, 0.15) is 5.92 Å². The van der Waals surface area contributed by atoms with E-state index in [0.29, 0.717) is 10.6 Å². The third kappa shape index (κ3) is 3.67. The average Bonchev–Trinajstić information content (AvgIpc) is 3.07. The number of halogens is 12. The van der Waals surface area contributed by atoms with Crippen molar-refractivity contribution in [2.45, 2.75) is 54.3 Å². The number of ether oxygens (including phenoxy) is 1. The van der Waals surface area contributed by atoms with Crippen LogP contribution in [0.4, 0.5) is 48.3 Å². The third-order valence-electron chi connectivity index (χ3n) is 5.76. The van der Waals surface area contributed by atoms with Crippen LogP contribution in [0, 0.1) is 5.92 Å². The minimum Gasteiger partial charge on any atom is -0.466 e. The summed E-state index contributed by atoms with van der Waals surface area (Å²) in [6.07, 6.45) is -0.0625. The van der Waals surface area contributed by atoms with Crippen molar-refractivity contribution in [3.8, 4) is 0 Å². The summed E-state index contributed by atoms with van der Waals surface area (Å²) in [6.45, 7) is -0.0180. The van der Waals surface area contributed by atoms with Gasteiger partial charge in [-0.1, -0.05) is 24.3 Å². The molecule has 2 aliphatic heterocycles. The SMILES string of the molecule is CCOC(=O)[C@H]1[C@@H]2c3ccccc3CCN2O[C@]1(F)C(F)(F)C(F)(F)C(F)(F)C(F)(F)C(F)(F)Cl. The molecule has 1 aromatic carbocycles. The topological polar surface area (TPSA) is 38.8 Å². The quantitative estimate of drug-likeness (QED) is 0.247. The van der Waals surface area contributed by atoms with Gasteiger partial charge in [0, 0.05) is 6.54 Å². The summed E-state index contributed by atoms with van der Waals surface area (Å²) in [5, 5.41) is -6.16. The number of esters is 1. The molecule has 0 aromatic heterocycles. The first-order valence-corrected chi connectivity index (χ1v) is 10.1. The maximum Gasteiger partial charge on any atom is 0.393 e. The molecule has 3 rings (SSSR count). The summed E-state index contributed by atoms with van der Waals surface area (Å²) in [7, 11) is 0. The number of rotatable bonds is 7. The minimum absolute atomic E-state index is 0.0625. The highest BCUT2D eigenvalue weighted by atomic mass is 35.5. The number of benzene rings is 1. The number of alkyl halides is 12. The van der Waals surface area contributed by atoms with Crippen molar-refractivity contribution in [2.75, 3.05) is 13.2 Å². The Balaban J connectivity index is 2.19. The lowest BCUT2D eigenvalue weighted by Crippen LogP contribution is -2.72. The molecule has 198 valence electrons. The van der Waals surface area contributed by atoms with E-state index in [2.05, 4.69) is 21.2 Å². The van der Waals surface area contributed by atoms with Gasteiger partial charge in [-0.3, -0.25) is 4.79 Å². The molecule has 35 heavy (non-hydrogen) atoms. The van der Waals surface area contributed by atoms with E-state index in [1.165, 1.54) is 24.3 Å². The first-order valence-electron chi connectivity index (χ1n) is 9.76. The first-order chi connectivity index (χ1) is 15.8. The van der Waals surface area contributed by atoms with Crippen LogP contribution in [0.5, 0.6) is 0 Å². The summed E-state index contributed by atoms with van der Waals surface area (Å²) in [6, 6.07) is 3.42. The molecule has 2 aliphatic rings. The van der Waals surface area contributed by atoms with Gasteiger partial charge in [-0.05, 0) is 36.1 Å². The molecular formula is C19H15ClF11NO3. The van der Waals surface area contributed by atoms with E-state index in [1.807, 2.05) is 0 Å². The summed E-state index contributed by atoms with van der Waals surface area (Å²) in [5.41, 5.74) is 0.226. The van der Waals surface area contributed by atoms with Crippen molar-refractivity contribution in [1.82, 2.24) is 5.06 Å². The Bertz CT molecular complexity index is 987. The van der Waals surface area contributed by atoms with Gasteiger partial charge in [-0.25, -0.2) is 9.23 Å². The molecule has 4 nitrogen and oxygen atoms in total. The fourth-order valence-electron chi connectivity index (χ4n) is 4.01. The predicted octanol–water partition coefficient (Wildman–Crippen LogP) is 5.75. The zero-order chi connectivity index (χ0) is 26.8. The lowest BCUT2D eigenvalue weighted by Gasteiger charge is -2.42. The smallest absolute Gasteiger partial charge is 0.393 e. The Hall–Kier alpha value is -1.87. The van der Waals surface area contributed by atoms with E-state index in [9.17, 15) is 48.7 Å². The van der Waals surface area contributed by atoms with Crippen LogP contribution in [0.15, 0.2) is 24.3 Å². The first kappa shape index (κ1) is 27.7. The molecule has 1 saturated heterocycles. The average molecular weight is 550 g/mol. The monoisotopic (exact) mass is 549 g/mol.